The van der Waals surface area contributed by atoms with Crippen LogP contribution in [0.15, 0.2) is 29.3 Å². The van der Waals surface area contributed by atoms with Crippen LogP contribution in [0.25, 0.3) is 0 Å². The number of nitrogens with one attached hydrogen (secondary N) is 2. The Labute approximate surface area is 188 Å². The lowest BCUT2D eigenvalue weighted by molar-refractivity contribution is 0.113. The van der Waals surface area contributed by atoms with Gasteiger partial charge in [-0.2, -0.15) is 0 Å². The smallest absolute Gasteiger partial charge is 0.191 e. The van der Waals surface area contributed by atoms with E-state index in [1.807, 2.05) is 30.7 Å². The lowest BCUT2D eigenvalue weighted by Crippen LogP contribution is -2.44. The molecule has 3 heterocycles. The summed E-state index contributed by atoms with van der Waals surface area (Å²) < 4.78 is 13.7. The van der Waals surface area contributed by atoms with Gasteiger partial charge in [-0.1, -0.05) is 18.2 Å². The molecule has 2 atom stereocenters. The molecule has 0 amide bonds. The van der Waals surface area contributed by atoms with Crippen LogP contribution in [0.1, 0.15) is 30.1 Å². The minimum atomic E-state index is 0. The fourth-order valence-electron chi connectivity index (χ4n) is 3.51. The van der Waals surface area contributed by atoms with Gasteiger partial charge in [-0.05, 0) is 31.4 Å². The van der Waals surface area contributed by atoms with Crippen molar-refractivity contribution < 1.29 is 9.47 Å². The molecule has 0 saturated carbocycles. The Hall–Kier alpha value is -1.88. The van der Waals surface area contributed by atoms with Gasteiger partial charge in [-0.15, -0.1) is 34.2 Å². The summed E-state index contributed by atoms with van der Waals surface area (Å²) in [6.45, 7) is 4.67. The van der Waals surface area contributed by atoms with Gasteiger partial charge in [0.25, 0.3) is 0 Å². The van der Waals surface area contributed by atoms with E-state index in [2.05, 4.69) is 33.0 Å². The van der Waals surface area contributed by atoms with Crippen molar-refractivity contribution >= 4 is 29.9 Å². The first-order valence-corrected chi connectivity index (χ1v) is 9.92. The molecule has 2 unspecified atom stereocenters. The molecule has 1 saturated heterocycles. The van der Waals surface area contributed by atoms with Crippen molar-refractivity contribution in [3.05, 3.63) is 41.5 Å². The number of aliphatic imine (C=N–C) groups is 1. The zero-order valence-corrected chi connectivity index (χ0v) is 19.3. The normalized spacial score (nSPS) is 20.7. The van der Waals surface area contributed by atoms with E-state index in [4.69, 9.17) is 14.5 Å². The van der Waals surface area contributed by atoms with Crippen molar-refractivity contribution in [1.82, 2.24) is 25.4 Å². The SMILES string of the molecule is Cc1nnc(CN=C(NCC2CCCO2)NCC2Cc3ccccc3O2)n1C.I. The maximum absolute atomic E-state index is 6.02. The number of aryl methyl sites for hydroxylation is 1. The number of rotatable bonds is 6. The number of ether oxygens (including phenoxy) is 2. The minimum Gasteiger partial charge on any atom is -0.488 e. The maximum atomic E-state index is 6.02. The molecule has 29 heavy (non-hydrogen) atoms. The second-order valence-electron chi connectivity index (χ2n) is 7.34. The summed E-state index contributed by atoms with van der Waals surface area (Å²) in [5.74, 6) is 3.44. The van der Waals surface area contributed by atoms with Gasteiger partial charge in [0.15, 0.2) is 11.8 Å². The number of aromatic nitrogens is 3. The van der Waals surface area contributed by atoms with Crippen LogP contribution < -0.4 is 15.4 Å². The summed E-state index contributed by atoms with van der Waals surface area (Å²) in [5.41, 5.74) is 1.26. The van der Waals surface area contributed by atoms with E-state index in [1.165, 1.54) is 5.56 Å². The van der Waals surface area contributed by atoms with Gasteiger partial charge in [0, 0.05) is 26.6 Å². The molecule has 1 aromatic heterocycles. The first kappa shape index (κ1) is 21.8. The summed E-state index contributed by atoms with van der Waals surface area (Å²) >= 11 is 0. The lowest BCUT2D eigenvalue weighted by atomic mass is 10.1. The highest BCUT2D eigenvalue weighted by molar-refractivity contribution is 14.0. The number of para-hydroxylation sites is 1. The van der Waals surface area contributed by atoms with E-state index < -0.39 is 0 Å². The standard InChI is InChI=1S/C20H28N6O2.HI/c1-14-24-25-19(26(14)2)13-23-20(21-11-16-7-5-9-27-16)22-12-17-10-15-6-3-4-8-18(15)28-17;/h3-4,6,8,16-17H,5,7,9-13H2,1-2H3,(H2,21,22,23);1H. The summed E-state index contributed by atoms with van der Waals surface area (Å²) in [5, 5.41) is 15.1. The molecule has 4 rings (SSSR count). The molecule has 2 aliphatic rings. The minimum absolute atomic E-state index is 0. The zero-order chi connectivity index (χ0) is 19.3. The van der Waals surface area contributed by atoms with Gasteiger partial charge in [-0.3, -0.25) is 0 Å². The van der Waals surface area contributed by atoms with Crippen molar-refractivity contribution in [2.75, 3.05) is 19.7 Å². The van der Waals surface area contributed by atoms with Crippen LogP contribution in [-0.4, -0.2) is 52.6 Å². The molecule has 0 radical (unpaired) electrons. The highest BCUT2D eigenvalue weighted by Crippen LogP contribution is 2.27. The quantitative estimate of drug-likeness (QED) is 0.350. The Bertz CT molecular complexity index is 809. The van der Waals surface area contributed by atoms with Crippen LogP contribution >= 0.6 is 24.0 Å². The highest BCUT2D eigenvalue weighted by atomic mass is 127. The van der Waals surface area contributed by atoms with Gasteiger partial charge >= 0.3 is 0 Å². The summed E-state index contributed by atoms with van der Waals surface area (Å²) in [4.78, 5) is 4.70. The van der Waals surface area contributed by atoms with Gasteiger partial charge in [-0.25, -0.2) is 4.99 Å². The third kappa shape index (κ3) is 5.59. The fourth-order valence-corrected chi connectivity index (χ4v) is 3.51. The van der Waals surface area contributed by atoms with Crippen molar-refractivity contribution in [3.63, 3.8) is 0 Å². The molecule has 2 N–H and O–H groups in total. The fraction of sp³-hybridized carbons (Fsp3) is 0.550. The first-order chi connectivity index (χ1) is 13.7. The average molecular weight is 512 g/mol. The van der Waals surface area contributed by atoms with E-state index in [9.17, 15) is 0 Å². The number of benzene rings is 1. The highest BCUT2D eigenvalue weighted by Gasteiger charge is 2.23. The van der Waals surface area contributed by atoms with Crippen LogP contribution in [0.4, 0.5) is 0 Å². The van der Waals surface area contributed by atoms with Gasteiger partial charge in [0.1, 0.15) is 24.2 Å². The van der Waals surface area contributed by atoms with Crippen molar-refractivity contribution in [2.45, 2.75) is 44.9 Å². The van der Waals surface area contributed by atoms with Crippen LogP contribution in [0.5, 0.6) is 5.75 Å². The molecule has 158 valence electrons. The molecule has 9 heteroatoms. The van der Waals surface area contributed by atoms with Crippen LogP contribution in [0.3, 0.4) is 0 Å². The predicted molar refractivity (Wildman–Crippen MR) is 122 cm³/mol. The van der Waals surface area contributed by atoms with Gasteiger partial charge in [0.2, 0.25) is 0 Å². The predicted octanol–water partition coefficient (Wildman–Crippen LogP) is 1.96. The molecule has 1 aromatic carbocycles. The molecule has 2 aliphatic heterocycles. The van der Waals surface area contributed by atoms with E-state index >= 15 is 0 Å². The largest absolute Gasteiger partial charge is 0.488 e. The Morgan fingerprint density at radius 2 is 2.00 bits per heavy atom. The molecule has 2 aromatic rings. The Morgan fingerprint density at radius 3 is 2.69 bits per heavy atom. The number of hydrogen-bond acceptors (Lipinski definition) is 5. The van der Waals surface area contributed by atoms with Crippen molar-refractivity contribution in [1.29, 1.82) is 0 Å². The van der Waals surface area contributed by atoms with Crippen molar-refractivity contribution in [2.24, 2.45) is 12.0 Å². The zero-order valence-electron chi connectivity index (χ0n) is 16.9. The summed E-state index contributed by atoms with van der Waals surface area (Å²) in [7, 11) is 1.96. The third-order valence-corrected chi connectivity index (χ3v) is 5.29. The first-order valence-electron chi connectivity index (χ1n) is 9.92. The van der Waals surface area contributed by atoms with E-state index in [-0.39, 0.29) is 36.2 Å². The maximum Gasteiger partial charge on any atom is 0.191 e. The Morgan fingerprint density at radius 1 is 1.21 bits per heavy atom. The summed E-state index contributed by atoms with van der Waals surface area (Å²) in [6, 6.07) is 8.21. The number of fused-ring (bicyclic) bond motifs is 1. The van der Waals surface area contributed by atoms with E-state index in [0.717, 1.165) is 55.8 Å². The van der Waals surface area contributed by atoms with Crippen LogP contribution in [-0.2, 0) is 24.8 Å². The Kier molecular flexibility index (Phi) is 7.70. The molecule has 8 nitrogen and oxygen atoms in total. The number of halogens is 1. The lowest BCUT2D eigenvalue weighted by Gasteiger charge is -2.18. The number of hydrogen-bond donors (Lipinski definition) is 2. The van der Waals surface area contributed by atoms with Crippen LogP contribution in [0.2, 0.25) is 0 Å². The molecular weight excluding hydrogens is 483 g/mol. The van der Waals surface area contributed by atoms with Crippen molar-refractivity contribution in [3.8, 4) is 5.75 Å². The molecule has 0 spiro atoms. The number of nitrogens with zero attached hydrogens (tertiary/aromatic N) is 4. The molecular formula is C20H29IN6O2. The number of guanidine groups is 1. The van der Waals surface area contributed by atoms with E-state index in [0.29, 0.717) is 13.1 Å². The van der Waals surface area contributed by atoms with Gasteiger partial charge in [0.05, 0.1) is 12.6 Å². The molecule has 1 fully saturated rings. The topological polar surface area (TPSA) is 85.6 Å². The Balaban J connectivity index is 0.00000240. The molecule has 0 bridgehead atoms. The monoisotopic (exact) mass is 512 g/mol. The second kappa shape index (κ2) is 10.2. The molecule has 0 aliphatic carbocycles. The third-order valence-electron chi connectivity index (χ3n) is 5.29. The second-order valence-corrected chi connectivity index (χ2v) is 7.34. The average Bonchev–Trinajstić information content (AvgIpc) is 3.43. The summed E-state index contributed by atoms with van der Waals surface area (Å²) in [6.07, 6.45) is 3.47. The van der Waals surface area contributed by atoms with Crippen LogP contribution in [0, 0.1) is 6.92 Å². The van der Waals surface area contributed by atoms with Gasteiger partial charge < -0.3 is 24.7 Å². The van der Waals surface area contributed by atoms with E-state index in [1.54, 1.807) is 0 Å².